The van der Waals surface area contributed by atoms with Crippen LogP contribution in [0.3, 0.4) is 0 Å². The lowest BCUT2D eigenvalue weighted by atomic mass is 10.1. The smallest absolute Gasteiger partial charge is 0.350 e. The Morgan fingerprint density at radius 2 is 1.92 bits per heavy atom. The summed E-state index contributed by atoms with van der Waals surface area (Å²) in [5.41, 5.74) is 2.39. The van der Waals surface area contributed by atoms with Gasteiger partial charge in [0, 0.05) is 53.1 Å². The molecule has 2 aromatic heterocycles. The Balaban J connectivity index is 1.28. The van der Waals surface area contributed by atoms with Crippen molar-refractivity contribution in [2.24, 2.45) is 11.8 Å². The third-order valence-corrected chi connectivity index (χ3v) is 9.24. The number of rotatable bonds is 7. The summed E-state index contributed by atoms with van der Waals surface area (Å²) in [6.07, 6.45) is 0.388. The number of thiazole rings is 1. The zero-order chi connectivity index (χ0) is 25.7. The zero-order valence-corrected chi connectivity index (χ0v) is 23.2. The summed E-state index contributed by atoms with van der Waals surface area (Å²) in [5.74, 6) is -0.0683. The molecular weight excluding hydrogens is 566 g/mol. The van der Waals surface area contributed by atoms with Gasteiger partial charge in [-0.1, -0.05) is 63.8 Å². The van der Waals surface area contributed by atoms with Gasteiger partial charge in [-0.05, 0) is 31.5 Å². The van der Waals surface area contributed by atoms with Gasteiger partial charge in [-0.15, -0.1) is 0 Å². The number of anilines is 1. The monoisotopic (exact) mass is 586 g/mol. The van der Waals surface area contributed by atoms with Crippen molar-refractivity contribution in [3.05, 3.63) is 65.8 Å². The molecule has 1 amide bonds. The van der Waals surface area contributed by atoms with Crippen molar-refractivity contribution < 1.29 is 14.3 Å². The molecule has 1 aliphatic heterocycles. The Kier molecular flexibility index (Phi) is 7.18. The lowest BCUT2D eigenvalue weighted by molar-refractivity contribution is 0.0530. The number of halogens is 4. The minimum absolute atomic E-state index is 0.0593. The second kappa shape index (κ2) is 10.1. The van der Waals surface area contributed by atoms with Crippen LogP contribution in [-0.4, -0.2) is 47.6 Å². The first-order chi connectivity index (χ1) is 17.2. The predicted molar refractivity (Wildman–Crippen MR) is 143 cm³/mol. The van der Waals surface area contributed by atoms with E-state index in [9.17, 15) is 9.59 Å². The number of amides is 1. The highest BCUT2D eigenvalue weighted by Crippen LogP contribution is 2.48. The number of esters is 1. The van der Waals surface area contributed by atoms with Crippen LogP contribution in [0.5, 0.6) is 0 Å². The van der Waals surface area contributed by atoms with Gasteiger partial charge in [-0.3, -0.25) is 4.79 Å². The molecule has 7 nitrogen and oxygen atoms in total. The fraction of sp³-hybridized carbons (Fsp3) is 0.375. The van der Waals surface area contributed by atoms with Crippen LogP contribution in [-0.2, 0) is 11.2 Å². The van der Waals surface area contributed by atoms with Gasteiger partial charge >= 0.3 is 5.97 Å². The average Bonchev–Trinajstić information content (AvgIpc) is 3.20. The number of fused-ring (bicyclic) bond motifs is 1. The third kappa shape index (κ3) is 4.82. The summed E-state index contributed by atoms with van der Waals surface area (Å²) in [4.78, 5) is 35.7. The topological polar surface area (TPSA) is 87.3 Å². The second-order valence-corrected chi connectivity index (χ2v) is 11.5. The van der Waals surface area contributed by atoms with Crippen molar-refractivity contribution in [2.75, 3.05) is 24.6 Å². The number of nitrogens with one attached hydrogen (secondary N) is 2. The number of ether oxygens (including phenoxy) is 1. The highest BCUT2D eigenvalue weighted by Gasteiger charge is 2.57. The molecule has 2 aliphatic rings. The van der Waals surface area contributed by atoms with Crippen molar-refractivity contribution in [3.63, 3.8) is 0 Å². The normalized spacial score (nSPS) is 20.4. The third-order valence-electron chi connectivity index (χ3n) is 6.56. The number of H-pyrrole nitrogens is 1. The Labute approximate surface area is 232 Å². The largest absolute Gasteiger partial charge is 0.462 e. The Morgan fingerprint density at radius 3 is 2.53 bits per heavy atom. The molecule has 5 rings (SSSR count). The van der Waals surface area contributed by atoms with Gasteiger partial charge in [0.15, 0.2) is 5.13 Å². The molecular formula is C24H22Cl4N4O3S. The predicted octanol–water partition coefficient (Wildman–Crippen LogP) is 6.03. The molecule has 12 heteroatoms. The van der Waals surface area contributed by atoms with Crippen LogP contribution >= 0.6 is 57.7 Å². The number of aromatic nitrogens is 2. The van der Waals surface area contributed by atoms with Crippen LogP contribution in [0.4, 0.5) is 5.13 Å². The fourth-order valence-corrected chi connectivity index (χ4v) is 6.53. The standard InChI is InChI=1S/C24H22Cl4N4O3S/c1-3-35-23(34)21-16(6-11-4-5-12(25)7-15(11)26)30-24(36-21)32-8-13-14(9-32)19(13)31-22(33)20-18(28)17(27)10(2)29-20/h4-5,7,13-14,19,29H,3,6,8-9H2,1-2H3,(H,31,33)/t13-,14+,19-. The van der Waals surface area contributed by atoms with Gasteiger partial charge in [0.2, 0.25) is 0 Å². The molecule has 3 atom stereocenters. The fourth-order valence-electron chi connectivity index (χ4n) is 4.64. The molecule has 1 aromatic carbocycles. The molecule has 1 aliphatic carbocycles. The molecule has 3 heterocycles. The molecule has 0 radical (unpaired) electrons. The summed E-state index contributed by atoms with van der Waals surface area (Å²) < 4.78 is 5.27. The highest BCUT2D eigenvalue weighted by molar-refractivity contribution is 7.17. The number of aromatic amines is 1. The van der Waals surface area contributed by atoms with E-state index in [1.165, 1.54) is 11.3 Å². The molecule has 1 saturated carbocycles. The molecule has 0 unspecified atom stereocenters. The van der Waals surface area contributed by atoms with Gasteiger partial charge in [0.05, 0.1) is 22.3 Å². The summed E-state index contributed by atoms with van der Waals surface area (Å²) in [6.45, 7) is 5.27. The molecule has 0 spiro atoms. The number of aryl methyl sites for hydroxylation is 1. The van der Waals surface area contributed by atoms with E-state index in [1.807, 2.05) is 6.07 Å². The number of piperidine rings is 1. The second-order valence-electron chi connectivity index (χ2n) is 8.89. The van der Waals surface area contributed by atoms with Crippen LogP contribution in [0, 0.1) is 18.8 Å². The molecule has 2 fully saturated rings. The molecule has 36 heavy (non-hydrogen) atoms. The van der Waals surface area contributed by atoms with E-state index in [0.717, 1.165) is 23.8 Å². The Morgan fingerprint density at radius 1 is 1.19 bits per heavy atom. The Bertz CT molecular complexity index is 1350. The summed E-state index contributed by atoms with van der Waals surface area (Å²) in [7, 11) is 0. The van der Waals surface area contributed by atoms with Gasteiger partial charge in [-0.2, -0.15) is 0 Å². The van der Waals surface area contributed by atoms with E-state index < -0.39 is 5.97 Å². The van der Waals surface area contributed by atoms with E-state index in [0.29, 0.717) is 49.6 Å². The van der Waals surface area contributed by atoms with Crippen LogP contribution in [0.1, 0.15) is 44.0 Å². The lowest BCUT2D eigenvalue weighted by Crippen LogP contribution is -2.34. The molecule has 3 aromatic rings. The highest BCUT2D eigenvalue weighted by atomic mass is 35.5. The lowest BCUT2D eigenvalue weighted by Gasteiger charge is -2.19. The minimum Gasteiger partial charge on any atom is -0.462 e. The maximum Gasteiger partial charge on any atom is 0.350 e. The minimum atomic E-state index is -0.396. The summed E-state index contributed by atoms with van der Waals surface area (Å²) in [6, 6.07) is 5.33. The Hall–Kier alpha value is -1.97. The van der Waals surface area contributed by atoms with Gasteiger partial charge in [0.1, 0.15) is 10.6 Å². The number of benzene rings is 1. The van der Waals surface area contributed by atoms with Gasteiger partial charge < -0.3 is 19.9 Å². The summed E-state index contributed by atoms with van der Waals surface area (Å²) >= 11 is 26.0. The number of carbonyl (C=O) groups excluding carboxylic acids is 2. The maximum atomic E-state index is 12.7. The first-order valence-corrected chi connectivity index (χ1v) is 13.7. The molecule has 0 bridgehead atoms. The van der Waals surface area contributed by atoms with E-state index >= 15 is 0 Å². The van der Waals surface area contributed by atoms with E-state index in [1.54, 1.807) is 26.0 Å². The van der Waals surface area contributed by atoms with Crippen molar-refractivity contribution >= 4 is 74.7 Å². The number of carbonyl (C=O) groups is 2. The first kappa shape index (κ1) is 25.7. The van der Waals surface area contributed by atoms with Crippen LogP contribution in [0.15, 0.2) is 18.2 Å². The molecule has 190 valence electrons. The first-order valence-electron chi connectivity index (χ1n) is 11.4. The number of nitrogens with zero attached hydrogens (tertiary/aromatic N) is 2. The average molecular weight is 588 g/mol. The van der Waals surface area contributed by atoms with Crippen molar-refractivity contribution in [2.45, 2.75) is 26.3 Å². The molecule has 1 saturated heterocycles. The van der Waals surface area contributed by atoms with Gasteiger partial charge in [-0.25, -0.2) is 9.78 Å². The van der Waals surface area contributed by atoms with Crippen LogP contribution in [0.25, 0.3) is 0 Å². The van der Waals surface area contributed by atoms with E-state index in [4.69, 9.17) is 56.1 Å². The molecule has 2 N–H and O–H groups in total. The van der Waals surface area contributed by atoms with Gasteiger partial charge in [0.25, 0.3) is 5.91 Å². The van der Waals surface area contributed by atoms with Crippen molar-refractivity contribution in [1.29, 1.82) is 0 Å². The quantitative estimate of drug-likeness (QED) is 0.330. The van der Waals surface area contributed by atoms with Crippen molar-refractivity contribution in [1.82, 2.24) is 15.3 Å². The van der Waals surface area contributed by atoms with Crippen LogP contribution in [0.2, 0.25) is 20.1 Å². The number of hydrogen-bond acceptors (Lipinski definition) is 6. The van der Waals surface area contributed by atoms with E-state index in [-0.39, 0.29) is 29.3 Å². The van der Waals surface area contributed by atoms with Crippen molar-refractivity contribution in [3.8, 4) is 0 Å². The summed E-state index contributed by atoms with van der Waals surface area (Å²) in [5, 5.41) is 5.48. The van der Waals surface area contributed by atoms with E-state index in [2.05, 4.69) is 15.2 Å². The van der Waals surface area contributed by atoms with Crippen LogP contribution < -0.4 is 10.2 Å². The zero-order valence-electron chi connectivity index (χ0n) is 19.3. The number of hydrogen-bond donors (Lipinski definition) is 2. The maximum absolute atomic E-state index is 12.7. The SMILES string of the molecule is CCOC(=O)c1sc(N2C[C@@H]3[C@H](C2)[C@@H]3NC(=O)c2[nH]c(C)c(Cl)c2Cl)nc1Cc1ccc(Cl)cc1Cl.